The SMILES string of the molecule is CC(C)(O)C(C)(C)OB(O)c1cc2ccccc2s1. The predicted molar refractivity (Wildman–Crippen MR) is 80.9 cm³/mol. The van der Waals surface area contributed by atoms with Crippen LogP contribution in [0.15, 0.2) is 30.3 Å². The van der Waals surface area contributed by atoms with Gasteiger partial charge >= 0.3 is 7.12 Å². The van der Waals surface area contributed by atoms with Crippen LogP contribution in [0.1, 0.15) is 27.7 Å². The molecule has 3 nitrogen and oxygen atoms in total. The molecular weight excluding hydrogens is 259 g/mol. The second kappa shape index (κ2) is 4.91. The van der Waals surface area contributed by atoms with Crippen LogP contribution in [-0.4, -0.2) is 28.5 Å². The Labute approximate surface area is 118 Å². The summed E-state index contributed by atoms with van der Waals surface area (Å²) in [4.78, 5) is 0. The van der Waals surface area contributed by atoms with Gasteiger partial charge in [-0.3, -0.25) is 0 Å². The van der Waals surface area contributed by atoms with E-state index < -0.39 is 18.3 Å². The third kappa shape index (κ3) is 3.00. The average molecular weight is 278 g/mol. The van der Waals surface area contributed by atoms with Gasteiger partial charge < -0.3 is 14.8 Å². The first kappa shape index (κ1) is 14.5. The topological polar surface area (TPSA) is 49.7 Å². The maximum absolute atomic E-state index is 10.2. The molecule has 0 saturated carbocycles. The number of aliphatic hydroxyl groups is 1. The number of hydrogen-bond acceptors (Lipinski definition) is 4. The number of rotatable bonds is 4. The number of hydrogen-bond donors (Lipinski definition) is 2. The third-order valence-electron chi connectivity index (χ3n) is 3.57. The average Bonchev–Trinajstić information content (AvgIpc) is 2.70. The van der Waals surface area contributed by atoms with Gasteiger partial charge in [-0.25, -0.2) is 0 Å². The van der Waals surface area contributed by atoms with Crippen LogP contribution in [0.3, 0.4) is 0 Å². The summed E-state index contributed by atoms with van der Waals surface area (Å²) in [7, 11) is -1.03. The van der Waals surface area contributed by atoms with E-state index >= 15 is 0 Å². The summed E-state index contributed by atoms with van der Waals surface area (Å²) in [6.07, 6.45) is 0. The van der Waals surface area contributed by atoms with Crippen molar-refractivity contribution < 1.29 is 14.8 Å². The van der Waals surface area contributed by atoms with Crippen molar-refractivity contribution in [1.29, 1.82) is 0 Å². The fraction of sp³-hybridized carbons (Fsp3) is 0.429. The molecule has 1 aromatic heterocycles. The minimum atomic E-state index is -1.04. The summed E-state index contributed by atoms with van der Waals surface area (Å²) in [6, 6.07) is 9.87. The molecule has 2 N–H and O–H groups in total. The monoisotopic (exact) mass is 278 g/mol. The third-order valence-corrected chi connectivity index (χ3v) is 4.71. The van der Waals surface area contributed by atoms with Crippen LogP contribution >= 0.6 is 11.3 Å². The lowest BCUT2D eigenvalue weighted by atomic mass is 9.82. The zero-order valence-electron chi connectivity index (χ0n) is 11.7. The lowest BCUT2D eigenvalue weighted by Gasteiger charge is -2.38. The smallest absolute Gasteiger partial charge is 0.423 e. The van der Waals surface area contributed by atoms with Crippen molar-refractivity contribution in [3.8, 4) is 0 Å². The highest BCUT2D eigenvalue weighted by molar-refractivity contribution is 7.28. The maximum atomic E-state index is 10.2. The van der Waals surface area contributed by atoms with E-state index in [-0.39, 0.29) is 0 Å². The summed E-state index contributed by atoms with van der Waals surface area (Å²) < 4.78 is 7.49. The highest BCUT2D eigenvalue weighted by Crippen LogP contribution is 2.26. The molecule has 0 aliphatic carbocycles. The van der Waals surface area contributed by atoms with Gasteiger partial charge in [0.15, 0.2) is 0 Å². The molecule has 0 atom stereocenters. The van der Waals surface area contributed by atoms with Crippen molar-refractivity contribution in [2.75, 3.05) is 0 Å². The van der Waals surface area contributed by atoms with E-state index in [4.69, 9.17) is 4.65 Å². The highest BCUT2D eigenvalue weighted by Gasteiger charge is 2.39. The van der Waals surface area contributed by atoms with Crippen molar-refractivity contribution in [3.05, 3.63) is 30.3 Å². The normalized spacial score (nSPS) is 12.9. The van der Waals surface area contributed by atoms with Crippen molar-refractivity contribution in [2.45, 2.75) is 38.9 Å². The van der Waals surface area contributed by atoms with Gasteiger partial charge in [-0.05, 0) is 45.2 Å². The van der Waals surface area contributed by atoms with Crippen molar-refractivity contribution in [1.82, 2.24) is 0 Å². The molecule has 19 heavy (non-hydrogen) atoms. The molecule has 0 amide bonds. The van der Waals surface area contributed by atoms with Gasteiger partial charge in [0.05, 0.1) is 11.2 Å². The molecule has 2 rings (SSSR count). The van der Waals surface area contributed by atoms with Crippen LogP contribution < -0.4 is 4.78 Å². The molecule has 0 aliphatic rings. The standard InChI is InChI=1S/C14H19BO3S/c1-13(2,16)14(3,4)18-15(17)12-9-10-7-5-6-8-11(10)19-12/h5-9,16-17H,1-4H3. The van der Waals surface area contributed by atoms with Gasteiger partial charge in [0.25, 0.3) is 0 Å². The van der Waals surface area contributed by atoms with E-state index in [0.717, 1.165) is 14.9 Å². The molecule has 0 unspecified atom stereocenters. The van der Waals surface area contributed by atoms with E-state index in [1.807, 2.05) is 30.3 Å². The van der Waals surface area contributed by atoms with E-state index in [1.54, 1.807) is 27.7 Å². The summed E-state index contributed by atoms with van der Waals surface area (Å²) in [6.45, 7) is 6.88. The summed E-state index contributed by atoms with van der Waals surface area (Å²) >= 11 is 1.50. The molecule has 102 valence electrons. The Morgan fingerprint density at radius 3 is 2.37 bits per heavy atom. The summed E-state index contributed by atoms with van der Waals surface area (Å²) in [5.41, 5.74) is -1.88. The Hall–Kier alpha value is -0.875. The second-order valence-electron chi connectivity index (χ2n) is 5.73. The minimum Gasteiger partial charge on any atom is -0.423 e. The van der Waals surface area contributed by atoms with Crippen molar-refractivity contribution in [2.24, 2.45) is 0 Å². The Kier molecular flexibility index (Phi) is 3.75. The molecule has 0 bridgehead atoms. The minimum absolute atomic E-state index is 0.749. The zero-order valence-corrected chi connectivity index (χ0v) is 12.5. The maximum Gasteiger partial charge on any atom is 0.502 e. The van der Waals surface area contributed by atoms with Gasteiger partial charge in [-0.15, -0.1) is 11.3 Å². The summed E-state index contributed by atoms with van der Waals surface area (Å²) in [5.74, 6) is 0. The van der Waals surface area contributed by atoms with E-state index in [1.165, 1.54) is 11.3 Å². The van der Waals surface area contributed by atoms with Crippen LogP contribution in [0.2, 0.25) is 0 Å². The fourth-order valence-electron chi connectivity index (χ4n) is 1.61. The molecule has 0 spiro atoms. The predicted octanol–water partition coefficient (Wildman–Crippen LogP) is 2.15. The van der Waals surface area contributed by atoms with Crippen molar-refractivity contribution >= 4 is 33.3 Å². The van der Waals surface area contributed by atoms with Gasteiger partial charge in [0, 0.05) is 9.48 Å². The van der Waals surface area contributed by atoms with Crippen LogP contribution in [0.5, 0.6) is 0 Å². The van der Waals surface area contributed by atoms with E-state index in [0.29, 0.717) is 0 Å². The zero-order chi connectivity index (χ0) is 14.3. The quantitative estimate of drug-likeness (QED) is 0.843. The van der Waals surface area contributed by atoms with Crippen molar-refractivity contribution in [3.63, 3.8) is 0 Å². The molecular formula is C14H19BO3S. The van der Waals surface area contributed by atoms with Gasteiger partial charge in [0.2, 0.25) is 0 Å². The molecule has 0 fully saturated rings. The Bertz CT molecular complexity index is 538. The first-order valence-corrected chi connectivity index (χ1v) is 7.09. The fourth-order valence-corrected chi connectivity index (χ4v) is 2.59. The van der Waals surface area contributed by atoms with E-state index in [2.05, 4.69) is 0 Å². The van der Waals surface area contributed by atoms with Gasteiger partial charge in [0.1, 0.15) is 0 Å². The Balaban J connectivity index is 2.22. The molecule has 2 aromatic rings. The van der Waals surface area contributed by atoms with Gasteiger partial charge in [-0.1, -0.05) is 18.2 Å². The van der Waals surface area contributed by atoms with Crippen LogP contribution in [0.25, 0.3) is 10.1 Å². The van der Waals surface area contributed by atoms with Gasteiger partial charge in [-0.2, -0.15) is 0 Å². The van der Waals surface area contributed by atoms with Crippen LogP contribution in [-0.2, 0) is 4.65 Å². The van der Waals surface area contributed by atoms with Crippen LogP contribution in [0.4, 0.5) is 0 Å². The van der Waals surface area contributed by atoms with Crippen LogP contribution in [0, 0.1) is 0 Å². The second-order valence-corrected chi connectivity index (χ2v) is 6.84. The number of benzene rings is 1. The molecule has 1 heterocycles. The summed E-state index contributed by atoms with van der Waals surface area (Å²) in [5, 5.41) is 21.3. The largest absolute Gasteiger partial charge is 0.502 e. The number of fused-ring (bicyclic) bond motifs is 1. The Morgan fingerprint density at radius 1 is 1.16 bits per heavy atom. The molecule has 0 radical (unpaired) electrons. The first-order chi connectivity index (χ1) is 8.71. The lowest BCUT2D eigenvalue weighted by Crippen LogP contribution is -2.52. The molecule has 1 aromatic carbocycles. The number of thiophene rings is 1. The van der Waals surface area contributed by atoms with E-state index in [9.17, 15) is 10.1 Å². The molecule has 0 aliphatic heterocycles. The molecule has 0 saturated heterocycles. The first-order valence-electron chi connectivity index (χ1n) is 6.27. The molecule has 5 heteroatoms. The highest BCUT2D eigenvalue weighted by atomic mass is 32.1. The Morgan fingerprint density at radius 2 is 1.79 bits per heavy atom. The lowest BCUT2D eigenvalue weighted by molar-refractivity contribution is -0.0981.